The van der Waals surface area contributed by atoms with Crippen molar-refractivity contribution in [2.75, 3.05) is 19.6 Å². The van der Waals surface area contributed by atoms with Gasteiger partial charge in [-0.2, -0.15) is 0 Å². The highest BCUT2D eigenvalue weighted by atomic mass is 127. The van der Waals surface area contributed by atoms with Gasteiger partial charge >= 0.3 is 0 Å². The number of aromatic nitrogens is 1. The first kappa shape index (κ1) is 17.7. The van der Waals surface area contributed by atoms with Crippen LogP contribution in [0.4, 0.5) is 0 Å². The third-order valence-corrected chi connectivity index (χ3v) is 4.69. The molecular formula is C14H25IN4S. The lowest BCUT2D eigenvalue weighted by Crippen LogP contribution is -2.42. The molecule has 1 saturated heterocycles. The van der Waals surface area contributed by atoms with E-state index < -0.39 is 0 Å². The van der Waals surface area contributed by atoms with Gasteiger partial charge in [-0.3, -0.25) is 4.99 Å². The summed E-state index contributed by atoms with van der Waals surface area (Å²) in [6.07, 6.45) is 4.35. The van der Waals surface area contributed by atoms with Gasteiger partial charge in [0.05, 0.1) is 10.7 Å². The molecule has 1 aromatic heterocycles. The third kappa shape index (κ3) is 5.20. The Morgan fingerprint density at radius 1 is 1.50 bits per heavy atom. The molecule has 0 saturated carbocycles. The summed E-state index contributed by atoms with van der Waals surface area (Å²) in [6, 6.07) is 0. The van der Waals surface area contributed by atoms with E-state index >= 15 is 0 Å². The minimum absolute atomic E-state index is 0. The molecule has 2 heterocycles. The maximum atomic E-state index is 6.05. The van der Waals surface area contributed by atoms with Gasteiger partial charge in [0.15, 0.2) is 5.96 Å². The molecule has 0 atom stereocenters. The Morgan fingerprint density at radius 2 is 2.20 bits per heavy atom. The Kier molecular flexibility index (Phi) is 7.79. The minimum Gasteiger partial charge on any atom is -0.370 e. The first-order chi connectivity index (χ1) is 9.19. The van der Waals surface area contributed by atoms with Crippen molar-refractivity contribution < 1.29 is 0 Å². The van der Waals surface area contributed by atoms with Crippen LogP contribution < -0.4 is 5.73 Å². The van der Waals surface area contributed by atoms with Crippen LogP contribution in [0.25, 0.3) is 0 Å². The number of aryl methyl sites for hydroxylation is 1. The third-order valence-electron chi connectivity index (χ3n) is 3.65. The fourth-order valence-electron chi connectivity index (χ4n) is 2.25. The first-order valence-electron chi connectivity index (χ1n) is 7.17. The van der Waals surface area contributed by atoms with Crippen LogP contribution in [0, 0.1) is 5.92 Å². The summed E-state index contributed by atoms with van der Waals surface area (Å²) in [4.78, 5) is 11.2. The first-order valence-corrected chi connectivity index (χ1v) is 8.05. The highest BCUT2D eigenvalue weighted by Crippen LogP contribution is 2.15. The lowest BCUT2D eigenvalue weighted by molar-refractivity contribution is 0.277. The summed E-state index contributed by atoms with van der Waals surface area (Å²) in [5, 5.41) is 3.34. The van der Waals surface area contributed by atoms with Crippen molar-refractivity contribution in [2.45, 2.75) is 39.5 Å². The zero-order valence-corrected chi connectivity index (χ0v) is 15.5. The van der Waals surface area contributed by atoms with Gasteiger partial charge < -0.3 is 10.6 Å². The molecule has 6 heteroatoms. The van der Waals surface area contributed by atoms with E-state index in [1.165, 1.54) is 17.8 Å². The second kappa shape index (κ2) is 8.81. The minimum atomic E-state index is 0. The number of rotatable bonds is 4. The van der Waals surface area contributed by atoms with Crippen molar-refractivity contribution >= 4 is 41.3 Å². The van der Waals surface area contributed by atoms with E-state index in [4.69, 9.17) is 5.73 Å². The lowest BCUT2D eigenvalue weighted by atomic mass is 10.00. The van der Waals surface area contributed by atoms with Gasteiger partial charge in [0.2, 0.25) is 0 Å². The van der Waals surface area contributed by atoms with Gasteiger partial charge in [-0.25, -0.2) is 4.98 Å². The Morgan fingerprint density at radius 3 is 2.80 bits per heavy atom. The van der Waals surface area contributed by atoms with E-state index in [0.717, 1.165) is 44.1 Å². The van der Waals surface area contributed by atoms with Crippen molar-refractivity contribution in [1.82, 2.24) is 9.88 Å². The van der Waals surface area contributed by atoms with Gasteiger partial charge in [-0.05, 0) is 25.2 Å². The summed E-state index contributed by atoms with van der Waals surface area (Å²) >= 11 is 1.74. The molecule has 0 unspecified atom stereocenters. The number of aliphatic imine (C=N–C) groups is 1. The number of hydrogen-bond acceptors (Lipinski definition) is 3. The van der Waals surface area contributed by atoms with Crippen LogP contribution in [0.1, 0.15) is 37.4 Å². The van der Waals surface area contributed by atoms with Crippen molar-refractivity contribution in [2.24, 2.45) is 16.6 Å². The molecule has 0 radical (unpaired) electrons. The highest BCUT2D eigenvalue weighted by Gasteiger charge is 2.16. The molecular weight excluding hydrogens is 383 g/mol. The molecule has 114 valence electrons. The summed E-state index contributed by atoms with van der Waals surface area (Å²) in [5.74, 6) is 1.53. The molecule has 0 aliphatic carbocycles. The number of nitrogens with zero attached hydrogens (tertiary/aromatic N) is 3. The average molecular weight is 408 g/mol. The maximum absolute atomic E-state index is 6.05. The van der Waals surface area contributed by atoms with Crippen LogP contribution in [0.5, 0.6) is 0 Å². The molecule has 2 rings (SSSR count). The summed E-state index contributed by atoms with van der Waals surface area (Å²) < 4.78 is 0. The van der Waals surface area contributed by atoms with E-state index in [0.29, 0.717) is 5.96 Å². The molecule has 0 amide bonds. The van der Waals surface area contributed by atoms with Crippen LogP contribution in [-0.4, -0.2) is 35.5 Å². The fourth-order valence-corrected chi connectivity index (χ4v) is 3.03. The van der Waals surface area contributed by atoms with Crippen molar-refractivity contribution in [1.29, 1.82) is 0 Å². The van der Waals surface area contributed by atoms with Crippen LogP contribution >= 0.6 is 35.3 Å². The van der Waals surface area contributed by atoms with Crippen molar-refractivity contribution in [3.63, 3.8) is 0 Å². The van der Waals surface area contributed by atoms with Gasteiger partial charge in [0.25, 0.3) is 0 Å². The molecule has 1 fully saturated rings. The van der Waals surface area contributed by atoms with E-state index in [1.807, 2.05) is 0 Å². The Labute approximate surface area is 142 Å². The maximum Gasteiger partial charge on any atom is 0.191 e. The number of likely N-dealkylation sites (tertiary alicyclic amines) is 1. The number of nitrogens with two attached hydrogens (primary N) is 1. The topological polar surface area (TPSA) is 54.5 Å². The number of thiazole rings is 1. The number of hydrogen-bond donors (Lipinski definition) is 1. The second-order valence-electron chi connectivity index (χ2n) is 5.25. The molecule has 0 spiro atoms. The van der Waals surface area contributed by atoms with E-state index in [-0.39, 0.29) is 24.0 Å². The number of halogens is 1. The summed E-state index contributed by atoms with van der Waals surface area (Å²) in [5.41, 5.74) is 7.19. The van der Waals surface area contributed by atoms with Gasteiger partial charge in [0.1, 0.15) is 0 Å². The van der Waals surface area contributed by atoms with Gasteiger partial charge in [-0.15, -0.1) is 35.3 Å². The molecule has 1 aliphatic heterocycles. The largest absolute Gasteiger partial charge is 0.370 e. The molecule has 2 N–H and O–H groups in total. The predicted molar refractivity (Wildman–Crippen MR) is 97.1 cm³/mol. The fraction of sp³-hybridized carbons (Fsp3) is 0.714. The smallest absolute Gasteiger partial charge is 0.191 e. The van der Waals surface area contributed by atoms with Gasteiger partial charge in [-0.1, -0.05) is 13.8 Å². The Hall–Kier alpha value is -0.370. The van der Waals surface area contributed by atoms with Gasteiger partial charge in [0, 0.05) is 31.4 Å². The van der Waals surface area contributed by atoms with Crippen LogP contribution in [-0.2, 0) is 12.8 Å². The second-order valence-corrected chi connectivity index (χ2v) is 6.19. The van der Waals surface area contributed by atoms with Crippen molar-refractivity contribution in [3.8, 4) is 0 Å². The van der Waals surface area contributed by atoms with Crippen molar-refractivity contribution in [3.05, 3.63) is 16.1 Å². The Bertz CT molecular complexity index is 425. The highest BCUT2D eigenvalue weighted by molar-refractivity contribution is 14.0. The van der Waals surface area contributed by atoms with Crippen LogP contribution in [0.2, 0.25) is 0 Å². The molecule has 1 aromatic rings. The molecule has 1 aliphatic rings. The van der Waals surface area contributed by atoms with E-state index in [9.17, 15) is 0 Å². The molecule has 0 bridgehead atoms. The molecule has 20 heavy (non-hydrogen) atoms. The summed E-state index contributed by atoms with van der Waals surface area (Å²) in [7, 11) is 0. The monoisotopic (exact) mass is 408 g/mol. The predicted octanol–water partition coefficient (Wildman–Crippen LogP) is 2.91. The number of guanidine groups is 1. The van der Waals surface area contributed by atoms with E-state index in [1.54, 1.807) is 11.3 Å². The standard InChI is InChI=1S/C14H24N4S.HI/c1-3-13-17-12(10-19-13)4-7-16-14(15)18-8-5-11(2)6-9-18;/h10-11H,3-9H2,1-2H3,(H2,15,16);1H. The average Bonchev–Trinajstić information content (AvgIpc) is 2.87. The van der Waals surface area contributed by atoms with E-state index in [2.05, 4.69) is 34.1 Å². The Balaban J connectivity index is 0.00000200. The SMILES string of the molecule is CCc1nc(CCN=C(N)N2CCC(C)CC2)cs1.I. The van der Waals surface area contributed by atoms with Crippen LogP contribution in [0.15, 0.2) is 10.4 Å². The van der Waals surface area contributed by atoms with Crippen LogP contribution in [0.3, 0.4) is 0 Å². The lowest BCUT2D eigenvalue weighted by Gasteiger charge is -2.31. The zero-order chi connectivity index (χ0) is 13.7. The molecule has 0 aromatic carbocycles. The quantitative estimate of drug-likeness (QED) is 0.474. The summed E-state index contributed by atoms with van der Waals surface area (Å²) in [6.45, 7) is 7.28. The number of piperidine rings is 1. The molecule has 4 nitrogen and oxygen atoms in total. The zero-order valence-electron chi connectivity index (χ0n) is 12.3. The normalized spacial score (nSPS) is 17.1.